The Morgan fingerprint density at radius 2 is 2.06 bits per heavy atom. The van der Waals surface area contributed by atoms with E-state index in [4.69, 9.17) is 22.1 Å². The van der Waals surface area contributed by atoms with Crippen LogP contribution in [-0.2, 0) is 13.0 Å². The van der Waals surface area contributed by atoms with Crippen molar-refractivity contribution in [2.24, 2.45) is 0 Å². The van der Waals surface area contributed by atoms with Crippen LogP contribution < -0.4 is 15.8 Å². The van der Waals surface area contributed by atoms with E-state index in [1.165, 1.54) is 29.1 Å². The van der Waals surface area contributed by atoms with Crippen LogP contribution >= 0.6 is 11.6 Å². The molecule has 3 aromatic rings. The second-order valence-electron chi connectivity index (χ2n) is 7.98. The van der Waals surface area contributed by atoms with Gasteiger partial charge in [0.05, 0.1) is 16.5 Å². The van der Waals surface area contributed by atoms with Crippen LogP contribution in [0.5, 0.6) is 5.75 Å². The van der Waals surface area contributed by atoms with Crippen molar-refractivity contribution in [2.75, 3.05) is 12.3 Å². The number of nitrogen functional groups attached to an aromatic ring is 1. The molecule has 0 unspecified atom stereocenters. The van der Waals surface area contributed by atoms with Gasteiger partial charge in [-0.1, -0.05) is 11.6 Å². The molecule has 3 heterocycles. The molecular formula is C21H21ClF2N4O3. The normalized spacial score (nSPS) is 25.7. The Labute approximate surface area is 181 Å². The zero-order valence-corrected chi connectivity index (χ0v) is 17.1. The molecule has 5 rings (SSSR count). The molecule has 2 aromatic heterocycles. The number of hydrogen-bond donors (Lipinski definition) is 4. The number of ether oxygens (including phenoxy) is 1. The Kier molecular flexibility index (Phi) is 5.01. The minimum Gasteiger partial charge on any atom is -0.487 e. The fourth-order valence-electron chi connectivity index (χ4n) is 4.61. The van der Waals surface area contributed by atoms with Crippen LogP contribution in [0.2, 0.25) is 5.02 Å². The van der Waals surface area contributed by atoms with Crippen molar-refractivity contribution in [1.29, 1.82) is 0 Å². The molecule has 0 spiro atoms. The summed E-state index contributed by atoms with van der Waals surface area (Å²) in [5, 5.41) is 24.6. The molecule has 1 fully saturated rings. The lowest BCUT2D eigenvalue weighted by atomic mass is 9.99. The van der Waals surface area contributed by atoms with E-state index in [1.54, 1.807) is 0 Å². The van der Waals surface area contributed by atoms with Crippen molar-refractivity contribution >= 4 is 28.3 Å². The van der Waals surface area contributed by atoms with Gasteiger partial charge in [-0.3, -0.25) is 0 Å². The van der Waals surface area contributed by atoms with E-state index in [0.717, 1.165) is 0 Å². The minimum atomic E-state index is -1.25. The van der Waals surface area contributed by atoms with Gasteiger partial charge >= 0.3 is 0 Å². The molecule has 1 aromatic carbocycles. The Morgan fingerprint density at radius 1 is 1.26 bits per heavy atom. The summed E-state index contributed by atoms with van der Waals surface area (Å²) < 4.78 is 36.4. The van der Waals surface area contributed by atoms with Crippen molar-refractivity contribution in [3.05, 3.63) is 52.3 Å². The second-order valence-corrected chi connectivity index (χ2v) is 8.39. The fourth-order valence-corrected chi connectivity index (χ4v) is 4.82. The van der Waals surface area contributed by atoms with Gasteiger partial charge in [-0.05, 0) is 24.6 Å². The van der Waals surface area contributed by atoms with Crippen molar-refractivity contribution in [1.82, 2.24) is 14.9 Å². The summed E-state index contributed by atoms with van der Waals surface area (Å²) in [4.78, 5) is 4.20. The number of aromatic nitrogens is 2. The van der Waals surface area contributed by atoms with Crippen molar-refractivity contribution in [3.63, 3.8) is 0 Å². The maximum Gasteiger partial charge on any atom is 0.152 e. The molecule has 0 saturated heterocycles. The highest BCUT2D eigenvalue weighted by Gasteiger charge is 2.45. The Balaban J connectivity index is 1.48. The highest BCUT2D eigenvalue weighted by Crippen LogP contribution is 2.40. The largest absolute Gasteiger partial charge is 0.487 e. The Hall–Kier alpha value is -2.46. The van der Waals surface area contributed by atoms with Gasteiger partial charge in [0.1, 0.15) is 35.5 Å². The van der Waals surface area contributed by atoms with Gasteiger partial charge in [-0.25, -0.2) is 13.8 Å². The zero-order chi connectivity index (χ0) is 21.9. The molecule has 1 aliphatic heterocycles. The molecule has 10 heteroatoms. The molecule has 164 valence electrons. The van der Waals surface area contributed by atoms with Crippen LogP contribution in [0.4, 0.5) is 14.5 Å². The van der Waals surface area contributed by atoms with Gasteiger partial charge in [0.2, 0.25) is 0 Å². The van der Waals surface area contributed by atoms with Gasteiger partial charge in [0.15, 0.2) is 5.82 Å². The summed E-state index contributed by atoms with van der Waals surface area (Å²) in [5.41, 5.74) is 7.52. The molecule has 7 nitrogen and oxygen atoms in total. The lowest BCUT2D eigenvalue weighted by Crippen LogP contribution is -2.35. The van der Waals surface area contributed by atoms with Crippen LogP contribution in [-0.4, -0.2) is 44.6 Å². The Morgan fingerprint density at radius 3 is 2.87 bits per heavy atom. The highest BCUT2D eigenvalue weighted by molar-refractivity contribution is 6.31. The summed E-state index contributed by atoms with van der Waals surface area (Å²) in [5.74, 6) is -0.665. The number of aliphatic hydroxyl groups is 2. The van der Waals surface area contributed by atoms with Crippen LogP contribution in [0.1, 0.15) is 23.6 Å². The third-order valence-electron chi connectivity index (χ3n) is 6.18. The third kappa shape index (κ3) is 3.23. The maximum absolute atomic E-state index is 14.5. The number of hydrogen-bond acceptors (Lipinski definition) is 6. The van der Waals surface area contributed by atoms with Gasteiger partial charge in [0, 0.05) is 42.7 Å². The van der Waals surface area contributed by atoms with E-state index in [2.05, 4.69) is 10.3 Å². The molecule has 0 radical (unpaired) electrons. The number of fused-ring (bicyclic) bond motifs is 2. The summed E-state index contributed by atoms with van der Waals surface area (Å²) in [6.45, 7) is 1.03. The van der Waals surface area contributed by atoms with Gasteiger partial charge in [0.25, 0.3) is 0 Å². The van der Waals surface area contributed by atoms with Crippen molar-refractivity contribution in [3.8, 4) is 5.75 Å². The van der Waals surface area contributed by atoms with E-state index in [1.807, 2.05) is 0 Å². The molecule has 1 saturated carbocycles. The molecule has 4 atom stereocenters. The van der Waals surface area contributed by atoms with Crippen LogP contribution in [0, 0.1) is 11.6 Å². The number of nitrogens with two attached hydrogens (primary N) is 1. The lowest BCUT2D eigenvalue weighted by Gasteiger charge is -2.25. The lowest BCUT2D eigenvalue weighted by molar-refractivity contribution is -0.0167. The monoisotopic (exact) mass is 450 g/mol. The molecule has 1 aliphatic carbocycles. The first-order chi connectivity index (χ1) is 14.9. The number of nitrogens with one attached hydrogen (secondary N) is 1. The van der Waals surface area contributed by atoms with Gasteiger partial charge in [-0.2, -0.15) is 0 Å². The number of halogens is 3. The first kappa shape index (κ1) is 20.4. The molecular weight excluding hydrogens is 430 g/mol. The molecule has 0 amide bonds. The average molecular weight is 451 g/mol. The van der Waals surface area contributed by atoms with Crippen LogP contribution in [0.15, 0.2) is 24.5 Å². The number of aliphatic hydroxyl groups excluding tert-OH is 2. The first-order valence-corrected chi connectivity index (χ1v) is 10.4. The van der Waals surface area contributed by atoms with E-state index in [0.29, 0.717) is 36.4 Å². The summed E-state index contributed by atoms with van der Waals surface area (Å²) in [6.07, 6.45) is 0.0404. The van der Waals surface area contributed by atoms with E-state index in [9.17, 15) is 19.0 Å². The van der Waals surface area contributed by atoms with E-state index in [-0.39, 0.29) is 28.2 Å². The predicted molar refractivity (Wildman–Crippen MR) is 111 cm³/mol. The predicted octanol–water partition coefficient (Wildman–Crippen LogP) is 2.31. The third-order valence-corrected chi connectivity index (χ3v) is 6.46. The van der Waals surface area contributed by atoms with E-state index >= 15 is 0 Å². The number of rotatable bonds is 3. The number of benzene rings is 1. The SMILES string of the molecule is Nc1ccnc2c1c(F)cn2[C@@H]1C[C@H](Oc2cc(Cl)c(F)c3c2CNCC3)[C@@H](O)[C@H]1O. The number of nitrogens with zero attached hydrogens (tertiary/aromatic N) is 2. The van der Waals surface area contributed by atoms with Crippen LogP contribution in [0.3, 0.4) is 0 Å². The van der Waals surface area contributed by atoms with Gasteiger partial charge in [-0.15, -0.1) is 0 Å². The number of anilines is 1. The Bertz CT molecular complexity index is 1170. The second kappa shape index (κ2) is 7.59. The molecule has 31 heavy (non-hydrogen) atoms. The average Bonchev–Trinajstić information content (AvgIpc) is 3.24. The maximum atomic E-state index is 14.5. The van der Waals surface area contributed by atoms with Crippen molar-refractivity contribution in [2.45, 2.75) is 43.7 Å². The van der Waals surface area contributed by atoms with Crippen molar-refractivity contribution < 1.29 is 23.7 Å². The summed E-state index contributed by atoms with van der Waals surface area (Å²) in [6, 6.07) is 2.20. The van der Waals surface area contributed by atoms with E-state index < -0.39 is 36.0 Å². The number of pyridine rings is 1. The zero-order valence-electron chi connectivity index (χ0n) is 16.4. The quantitative estimate of drug-likeness (QED) is 0.488. The van der Waals surface area contributed by atoms with Crippen LogP contribution in [0.25, 0.3) is 11.0 Å². The smallest absolute Gasteiger partial charge is 0.152 e. The fraction of sp³-hybridized carbons (Fsp3) is 0.381. The molecule has 5 N–H and O–H groups in total. The van der Waals surface area contributed by atoms with Gasteiger partial charge < -0.3 is 30.6 Å². The minimum absolute atomic E-state index is 0.0571. The standard InChI is InChI=1S/C21H21ClF2N4O3/c22-11-5-15(10-7-26-3-1-9(10)18(11)24)31-16-6-14(19(29)20(16)30)28-8-12(23)17-13(25)2-4-27-21(17)28/h2,4-5,8,14,16,19-20,26,29-30H,1,3,6-7H2,(H2,25,27)/t14-,16+,19+,20-/m1/s1. The first-order valence-electron chi connectivity index (χ1n) is 10.0. The molecule has 2 aliphatic rings. The summed E-state index contributed by atoms with van der Waals surface area (Å²) in [7, 11) is 0. The summed E-state index contributed by atoms with van der Waals surface area (Å²) >= 11 is 6.06. The molecule has 0 bridgehead atoms. The topological polar surface area (TPSA) is 106 Å². The highest BCUT2D eigenvalue weighted by atomic mass is 35.5.